The molecule has 25 heavy (non-hydrogen) atoms. The van der Waals surface area contributed by atoms with Crippen molar-refractivity contribution < 1.29 is 9.59 Å². The van der Waals surface area contributed by atoms with Gasteiger partial charge >= 0.3 is 0 Å². The highest BCUT2D eigenvalue weighted by Gasteiger charge is 2.51. The van der Waals surface area contributed by atoms with Crippen molar-refractivity contribution in [3.63, 3.8) is 0 Å². The molecule has 0 aliphatic carbocycles. The Hall–Kier alpha value is -2.63. The Labute approximate surface area is 147 Å². The van der Waals surface area contributed by atoms with Gasteiger partial charge in [0, 0.05) is 38.6 Å². The fourth-order valence-electron chi connectivity index (χ4n) is 4.17. The van der Waals surface area contributed by atoms with E-state index in [2.05, 4.69) is 11.1 Å². The van der Waals surface area contributed by atoms with Crippen molar-refractivity contribution in [3.05, 3.63) is 48.0 Å². The van der Waals surface area contributed by atoms with Crippen molar-refractivity contribution in [1.29, 1.82) is 0 Å². The molecule has 1 spiro atoms. The molecule has 0 saturated carbocycles. The van der Waals surface area contributed by atoms with Gasteiger partial charge in [-0.2, -0.15) is 0 Å². The molecule has 2 aliphatic heterocycles. The van der Waals surface area contributed by atoms with E-state index in [1.807, 2.05) is 42.0 Å². The van der Waals surface area contributed by atoms with Crippen LogP contribution >= 0.6 is 0 Å². The number of piperidine rings is 1. The second-order valence-corrected chi connectivity index (χ2v) is 6.87. The minimum absolute atomic E-state index is 0.0541. The fourth-order valence-corrected chi connectivity index (χ4v) is 4.17. The van der Waals surface area contributed by atoms with Crippen LogP contribution in [0.1, 0.15) is 35.8 Å². The summed E-state index contributed by atoms with van der Waals surface area (Å²) < 4.78 is 1.77. The van der Waals surface area contributed by atoms with E-state index in [9.17, 15) is 9.59 Å². The molecule has 0 bridgehead atoms. The molecule has 1 saturated heterocycles. The van der Waals surface area contributed by atoms with E-state index in [1.165, 1.54) is 0 Å². The molecule has 0 radical (unpaired) electrons. The Bertz CT molecular complexity index is 833. The second kappa shape index (κ2) is 5.72. The summed E-state index contributed by atoms with van der Waals surface area (Å²) in [5, 5.41) is 0. The predicted molar refractivity (Wildman–Crippen MR) is 94.5 cm³/mol. The van der Waals surface area contributed by atoms with E-state index in [-0.39, 0.29) is 11.8 Å². The smallest absolute Gasteiger partial charge is 0.274 e. The second-order valence-electron chi connectivity index (χ2n) is 6.87. The molecule has 6 heteroatoms. The van der Waals surface area contributed by atoms with Crippen molar-refractivity contribution in [2.45, 2.75) is 25.2 Å². The predicted octanol–water partition coefficient (Wildman–Crippen LogP) is 1.96. The van der Waals surface area contributed by atoms with Crippen molar-refractivity contribution in [1.82, 2.24) is 14.5 Å². The van der Waals surface area contributed by atoms with E-state index < -0.39 is 5.41 Å². The van der Waals surface area contributed by atoms with Gasteiger partial charge in [0.25, 0.3) is 5.91 Å². The Kier molecular flexibility index (Phi) is 3.63. The molecule has 1 fully saturated rings. The fraction of sp³-hybridized carbons (Fsp3) is 0.421. The van der Waals surface area contributed by atoms with Crippen LogP contribution in [0.25, 0.3) is 0 Å². The summed E-state index contributed by atoms with van der Waals surface area (Å²) in [5.41, 5.74) is 2.13. The van der Waals surface area contributed by atoms with Crippen LogP contribution in [-0.2, 0) is 17.3 Å². The normalized spacial score (nSPS) is 18.7. The number of hydrogen-bond acceptors (Lipinski definition) is 3. The van der Waals surface area contributed by atoms with Crippen LogP contribution in [0.3, 0.4) is 0 Å². The number of benzene rings is 1. The summed E-state index contributed by atoms with van der Waals surface area (Å²) in [6.07, 6.45) is 4.70. The number of aromatic nitrogens is 2. The molecule has 6 nitrogen and oxygen atoms in total. The van der Waals surface area contributed by atoms with E-state index in [0.717, 1.165) is 11.3 Å². The molecule has 0 unspecified atom stereocenters. The average molecular weight is 338 g/mol. The van der Waals surface area contributed by atoms with Crippen LogP contribution < -0.4 is 4.90 Å². The number of imidazole rings is 1. The molecule has 2 aliphatic rings. The maximum absolute atomic E-state index is 13.1. The van der Waals surface area contributed by atoms with Crippen LogP contribution in [0.15, 0.2) is 36.8 Å². The van der Waals surface area contributed by atoms with Crippen molar-refractivity contribution >= 4 is 17.5 Å². The highest BCUT2D eigenvalue weighted by molar-refractivity contribution is 6.08. The lowest BCUT2D eigenvalue weighted by Crippen LogP contribution is -2.50. The number of hydrogen-bond donors (Lipinski definition) is 0. The Morgan fingerprint density at radius 3 is 2.60 bits per heavy atom. The summed E-state index contributed by atoms with van der Waals surface area (Å²) in [6.45, 7) is 3.83. The van der Waals surface area contributed by atoms with Gasteiger partial charge < -0.3 is 14.4 Å². The number of likely N-dealkylation sites (tertiary alicyclic amines) is 1. The Morgan fingerprint density at radius 1 is 1.24 bits per heavy atom. The molecule has 0 N–H and O–H groups in total. The van der Waals surface area contributed by atoms with Gasteiger partial charge in [-0.25, -0.2) is 4.98 Å². The first-order valence-electron chi connectivity index (χ1n) is 8.75. The lowest BCUT2D eigenvalue weighted by atomic mass is 9.73. The van der Waals surface area contributed by atoms with Gasteiger partial charge in [0.2, 0.25) is 5.91 Å². The number of para-hydroxylation sites is 1. The third-order valence-electron chi connectivity index (χ3n) is 5.51. The first-order chi connectivity index (χ1) is 12.1. The molecule has 1 aromatic heterocycles. The summed E-state index contributed by atoms with van der Waals surface area (Å²) in [4.78, 5) is 33.6. The topological polar surface area (TPSA) is 58.4 Å². The molecule has 2 aromatic rings. The average Bonchev–Trinajstić information content (AvgIpc) is 3.16. The molecule has 130 valence electrons. The summed E-state index contributed by atoms with van der Waals surface area (Å²) in [7, 11) is 1.85. The molecular formula is C19H22N4O2. The maximum atomic E-state index is 13.1. The maximum Gasteiger partial charge on any atom is 0.274 e. The quantitative estimate of drug-likeness (QED) is 0.841. The van der Waals surface area contributed by atoms with Crippen molar-refractivity contribution in [3.8, 4) is 0 Å². The highest BCUT2D eigenvalue weighted by Crippen LogP contribution is 2.47. The summed E-state index contributed by atoms with van der Waals surface area (Å²) in [6, 6.07) is 8.07. The van der Waals surface area contributed by atoms with E-state index in [1.54, 1.807) is 17.1 Å². The number of likely N-dealkylation sites (N-methyl/N-ethyl adjacent to an activating group) is 1. The van der Waals surface area contributed by atoms with Gasteiger partial charge in [0.05, 0.1) is 11.7 Å². The highest BCUT2D eigenvalue weighted by atomic mass is 16.2. The van der Waals surface area contributed by atoms with Gasteiger partial charge in [-0.05, 0) is 31.4 Å². The zero-order chi connectivity index (χ0) is 17.6. The van der Waals surface area contributed by atoms with Crippen LogP contribution in [0.4, 0.5) is 5.69 Å². The van der Waals surface area contributed by atoms with E-state index in [4.69, 9.17) is 0 Å². The molecule has 2 amide bonds. The van der Waals surface area contributed by atoms with Crippen LogP contribution in [0, 0.1) is 0 Å². The largest absolute Gasteiger partial charge is 0.340 e. The number of carbonyl (C=O) groups is 2. The molecule has 1 aromatic carbocycles. The number of nitrogens with zero attached hydrogens (tertiary/aromatic N) is 4. The van der Waals surface area contributed by atoms with Gasteiger partial charge in [-0.15, -0.1) is 0 Å². The summed E-state index contributed by atoms with van der Waals surface area (Å²) in [5.74, 6) is 0.127. The SMILES string of the molecule is CCN1C(=O)C2(CCN(C(=O)c3cn(C)cn3)CC2)c2ccccc21. The van der Waals surface area contributed by atoms with Crippen LogP contribution in [-0.4, -0.2) is 45.9 Å². The number of amides is 2. The number of rotatable bonds is 2. The standard InChI is InChI=1S/C19H22N4O2/c1-3-23-16-7-5-4-6-14(16)19(18(23)25)8-10-22(11-9-19)17(24)15-12-21(2)13-20-15/h4-7,12-13H,3,8-11H2,1-2H3. The Morgan fingerprint density at radius 2 is 1.96 bits per heavy atom. The molecule has 0 atom stereocenters. The third-order valence-corrected chi connectivity index (χ3v) is 5.51. The lowest BCUT2D eigenvalue weighted by Gasteiger charge is -2.38. The zero-order valence-corrected chi connectivity index (χ0v) is 14.6. The van der Waals surface area contributed by atoms with Gasteiger partial charge in [-0.3, -0.25) is 9.59 Å². The number of aryl methyl sites for hydroxylation is 1. The minimum Gasteiger partial charge on any atom is -0.340 e. The number of carbonyl (C=O) groups excluding carboxylic acids is 2. The monoisotopic (exact) mass is 338 g/mol. The van der Waals surface area contributed by atoms with Gasteiger partial charge in [0.15, 0.2) is 0 Å². The summed E-state index contributed by atoms with van der Waals surface area (Å²) >= 11 is 0. The van der Waals surface area contributed by atoms with Crippen LogP contribution in [0.2, 0.25) is 0 Å². The minimum atomic E-state index is -0.479. The molecule has 3 heterocycles. The first-order valence-corrected chi connectivity index (χ1v) is 8.75. The van der Waals surface area contributed by atoms with E-state index >= 15 is 0 Å². The molecule has 4 rings (SSSR count). The lowest BCUT2D eigenvalue weighted by molar-refractivity contribution is -0.124. The Balaban J connectivity index is 1.59. The van der Waals surface area contributed by atoms with Gasteiger partial charge in [0.1, 0.15) is 5.69 Å². The molecular weight excluding hydrogens is 316 g/mol. The number of anilines is 1. The van der Waals surface area contributed by atoms with Crippen molar-refractivity contribution in [2.24, 2.45) is 7.05 Å². The zero-order valence-electron chi connectivity index (χ0n) is 14.6. The van der Waals surface area contributed by atoms with Crippen molar-refractivity contribution in [2.75, 3.05) is 24.5 Å². The first kappa shape index (κ1) is 15.9. The van der Waals surface area contributed by atoms with Gasteiger partial charge in [-0.1, -0.05) is 18.2 Å². The van der Waals surface area contributed by atoms with E-state index in [0.29, 0.717) is 38.2 Å². The van der Waals surface area contributed by atoms with Crippen LogP contribution in [0.5, 0.6) is 0 Å². The number of fused-ring (bicyclic) bond motifs is 2. The third kappa shape index (κ3) is 2.27.